The average molecular weight is 319 g/mol. The van der Waals surface area contributed by atoms with Crippen molar-refractivity contribution in [3.63, 3.8) is 0 Å². The second-order valence-electron chi connectivity index (χ2n) is 6.05. The number of amides is 3. The van der Waals surface area contributed by atoms with Crippen molar-refractivity contribution in [3.05, 3.63) is 29.8 Å². The maximum atomic E-state index is 11.9. The smallest absolute Gasteiger partial charge is 0.318 e. The monoisotopic (exact) mass is 319 g/mol. The Balaban J connectivity index is 1.97. The van der Waals surface area contributed by atoms with Crippen LogP contribution in [-0.2, 0) is 11.2 Å². The fraction of sp³-hybridized carbons (Fsp3) is 0.529. The Labute approximate surface area is 137 Å². The lowest BCUT2D eigenvalue weighted by atomic mass is 9.90. The van der Waals surface area contributed by atoms with Gasteiger partial charge in [0.15, 0.2) is 0 Å². The molecule has 3 amide bonds. The number of nitrogens with one attached hydrogen (secondary N) is 1. The molecule has 2 atom stereocenters. The number of benzene rings is 1. The summed E-state index contributed by atoms with van der Waals surface area (Å²) in [6.07, 6.45) is 3.08. The van der Waals surface area contributed by atoms with Crippen molar-refractivity contribution in [2.45, 2.75) is 32.2 Å². The number of imide groups is 1. The minimum absolute atomic E-state index is 0.338. The molecule has 0 saturated carbocycles. The van der Waals surface area contributed by atoms with Crippen LogP contribution >= 0.6 is 0 Å². The number of primary amides is 1. The molecule has 6 nitrogen and oxygen atoms in total. The van der Waals surface area contributed by atoms with E-state index in [4.69, 9.17) is 10.5 Å². The first kappa shape index (κ1) is 17.3. The molecule has 1 saturated heterocycles. The molecule has 126 valence electrons. The van der Waals surface area contributed by atoms with E-state index in [0.29, 0.717) is 5.92 Å². The summed E-state index contributed by atoms with van der Waals surface area (Å²) in [5.41, 5.74) is 6.21. The molecule has 0 spiro atoms. The van der Waals surface area contributed by atoms with E-state index in [1.54, 1.807) is 7.11 Å². The third-order valence-electron chi connectivity index (χ3n) is 4.43. The molecule has 0 aliphatic carbocycles. The van der Waals surface area contributed by atoms with Crippen molar-refractivity contribution in [1.82, 2.24) is 10.2 Å². The van der Waals surface area contributed by atoms with E-state index in [1.165, 1.54) is 5.56 Å². The van der Waals surface area contributed by atoms with Crippen LogP contribution in [0.2, 0.25) is 0 Å². The quantitative estimate of drug-likeness (QED) is 0.862. The summed E-state index contributed by atoms with van der Waals surface area (Å²) in [4.78, 5) is 24.9. The van der Waals surface area contributed by atoms with Gasteiger partial charge in [-0.25, -0.2) is 4.79 Å². The predicted octanol–water partition coefficient (Wildman–Crippen LogP) is 1.53. The van der Waals surface area contributed by atoms with E-state index in [1.807, 2.05) is 25.1 Å². The van der Waals surface area contributed by atoms with Crippen molar-refractivity contribution in [1.29, 1.82) is 0 Å². The van der Waals surface area contributed by atoms with E-state index in [9.17, 15) is 9.59 Å². The highest BCUT2D eigenvalue weighted by Crippen LogP contribution is 2.26. The number of carbonyl (C=O) groups is 2. The maximum Gasteiger partial charge on any atom is 0.318 e. The van der Waals surface area contributed by atoms with Crippen molar-refractivity contribution >= 4 is 11.9 Å². The minimum atomic E-state index is -0.801. The number of methoxy groups -OCH3 is 1. The fourth-order valence-corrected chi connectivity index (χ4v) is 3.19. The Morgan fingerprint density at radius 3 is 2.87 bits per heavy atom. The summed E-state index contributed by atoms with van der Waals surface area (Å²) in [7, 11) is 1.68. The molecule has 0 radical (unpaired) electrons. The summed E-state index contributed by atoms with van der Waals surface area (Å²) >= 11 is 0. The Kier molecular flexibility index (Phi) is 5.98. The Hall–Kier alpha value is -2.08. The zero-order valence-corrected chi connectivity index (χ0v) is 13.7. The van der Waals surface area contributed by atoms with Gasteiger partial charge in [-0.1, -0.05) is 18.2 Å². The van der Waals surface area contributed by atoms with Crippen molar-refractivity contribution in [3.8, 4) is 5.75 Å². The molecule has 1 aromatic carbocycles. The molecule has 3 N–H and O–H groups in total. The molecule has 1 fully saturated rings. The zero-order chi connectivity index (χ0) is 16.8. The van der Waals surface area contributed by atoms with Crippen molar-refractivity contribution in [2.75, 3.05) is 20.2 Å². The van der Waals surface area contributed by atoms with Crippen LogP contribution in [0.1, 0.15) is 25.3 Å². The van der Waals surface area contributed by atoms with Crippen LogP contribution < -0.4 is 15.8 Å². The van der Waals surface area contributed by atoms with Crippen LogP contribution in [0.15, 0.2) is 24.3 Å². The number of urea groups is 1. The van der Waals surface area contributed by atoms with Crippen LogP contribution in [0, 0.1) is 5.92 Å². The highest BCUT2D eigenvalue weighted by molar-refractivity contribution is 5.96. The molecule has 23 heavy (non-hydrogen) atoms. The summed E-state index contributed by atoms with van der Waals surface area (Å²) in [5, 5.41) is 2.16. The summed E-state index contributed by atoms with van der Waals surface area (Å²) < 4.78 is 5.41. The first-order valence-corrected chi connectivity index (χ1v) is 7.97. The lowest BCUT2D eigenvalue weighted by Crippen LogP contribution is -2.51. The summed E-state index contributed by atoms with van der Waals surface area (Å²) in [6.45, 7) is 3.49. The number of hydrogen-bond acceptors (Lipinski definition) is 4. The molecular weight excluding hydrogens is 294 g/mol. The van der Waals surface area contributed by atoms with Crippen molar-refractivity contribution in [2.24, 2.45) is 11.7 Å². The molecule has 6 heteroatoms. The largest absolute Gasteiger partial charge is 0.496 e. The highest BCUT2D eigenvalue weighted by atomic mass is 16.5. The topological polar surface area (TPSA) is 84.7 Å². The molecule has 1 aromatic rings. The third-order valence-corrected chi connectivity index (χ3v) is 4.43. The van der Waals surface area contributed by atoms with Gasteiger partial charge < -0.3 is 10.5 Å². The van der Waals surface area contributed by atoms with Crippen LogP contribution in [-0.4, -0.2) is 43.1 Å². The lowest BCUT2D eigenvalue weighted by Gasteiger charge is -2.36. The van der Waals surface area contributed by atoms with Gasteiger partial charge in [-0.15, -0.1) is 0 Å². The van der Waals surface area contributed by atoms with Gasteiger partial charge in [0, 0.05) is 6.54 Å². The number of hydrogen-bond donors (Lipinski definition) is 2. The first-order chi connectivity index (χ1) is 11.0. The van der Waals surface area contributed by atoms with E-state index in [-0.39, 0.29) is 11.9 Å². The number of likely N-dealkylation sites (tertiary alicyclic amines) is 1. The number of nitrogens with two attached hydrogens (primary N) is 1. The van der Waals surface area contributed by atoms with Gasteiger partial charge in [0.25, 0.3) is 0 Å². The number of rotatable bonds is 5. The van der Waals surface area contributed by atoms with E-state index in [0.717, 1.165) is 38.1 Å². The highest BCUT2D eigenvalue weighted by Gasteiger charge is 2.28. The van der Waals surface area contributed by atoms with Gasteiger partial charge in [-0.2, -0.15) is 0 Å². The van der Waals surface area contributed by atoms with Crippen molar-refractivity contribution < 1.29 is 14.3 Å². The van der Waals surface area contributed by atoms with Gasteiger partial charge >= 0.3 is 6.03 Å². The molecule has 1 aliphatic rings. The van der Waals surface area contributed by atoms with Gasteiger partial charge in [0.2, 0.25) is 5.91 Å². The number of piperidine rings is 1. The summed E-state index contributed by atoms with van der Waals surface area (Å²) in [5.74, 6) is 1.03. The number of carbonyl (C=O) groups excluding carboxylic acids is 2. The minimum Gasteiger partial charge on any atom is -0.496 e. The molecule has 2 rings (SSSR count). The first-order valence-electron chi connectivity index (χ1n) is 7.97. The predicted molar refractivity (Wildman–Crippen MR) is 88.2 cm³/mol. The van der Waals surface area contributed by atoms with Crippen LogP contribution in [0.25, 0.3) is 0 Å². The third kappa shape index (κ3) is 4.69. The fourth-order valence-electron chi connectivity index (χ4n) is 3.19. The standard InChI is InChI=1S/C17H25N3O3/c1-12(16(21)19-17(18)22)20-9-5-6-13(11-20)10-14-7-3-4-8-15(14)23-2/h3-4,7-8,12-13H,5-6,9-11H2,1-2H3,(H3,18,19,21,22)/t12-,13-/m0/s1. The second kappa shape index (κ2) is 7.97. The van der Waals surface area contributed by atoms with Gasteiger partial charge in [-0.3, -0.25) is 15.0 Å². The van der Waals surface area contributed by atoms with Gasteiger partial charge in [0.1, 0.15) is 5.75 Å². The summed E-state index contributed by atoms with van der Waals surface area (Å²) in [6, 6.07) is 6.87. The molecule has 0 aromatic heterocycles. The molecule has 1 aliphatic heterocycles. The van der Waals surface area contributed by atoms with Crippen LogP contribution in [0.5, 0.6) is 5.75 Å². The molecular formula is C17H25N3O3. The number of para-hydroxylation sites is 1. The van der Waals surface area contributed by atoms with E-state index >= 15 is 0 Å². The number of nitrogens with zero attached hydrogens (tertiary/aromatic N) is 1. The van der Waals surface area contributed by atoms with Gasteiger partial charge in [0.05, 0.1) is 13.2 Å². The molecule has 0 unspecified atom stereocenters. The van der Waals surface area contributed by atoms with Crippen LogP contribution in [0.4, 0.5) is 4.79 Å². The van der Waals surface area contributed by atoms with E-state index < -0.39 is 6.03 Å². The SMILES string of the molecule is COc1ccccc1C[C@@H]1CCCN([C@@H](C)C(=O)NC(N)=O)C1. The second-order valence-corrected chi connectivity index (χ2v) is 6.05. The lowest BCUT2D eigenvalue weighted by molar-refractivity contribution is -0.125. The number of ether oxygens (including phenoxy) is 1. The average Bonchev–Trinajstić information content (AvgIpc) is 2.54. The van der Waals surface area contributed by atoms with Gasteiger partial charge in [-0.05, 0) is 50.3 Å². The van der Waals surface area contributed by atoms with Crippen LogP contribution in [0.3, 0.4) is 0 Å². The molecule has 0 bridgehead atoms. The zero-order valence-electron chi connectivity index (χ0n) is 13.7. The Morgan fingerprint density at radius 1 is 1.43 bits per heavy atom. The Morgan fingerprint density at radius 2 is 2.17 bits per heavy atom. The van der Waals surface area contributed by atoms with E-state index in [2.05, 4.69) is 16.3 Å². The Bertz CT molecular complexity index is 562. The maximum absolute atomic E-state index is 11.9. The molecule has 1 heterocycles. The normalized spacial score (nSPS) is 19.8.